The largest absolute Gasteiger partial charge is 0.335 e. The molecule has 0 radical (unpaired) electrons. The number of thiophene rings is 1. The Morgan fingerprint density at radius 2 is 2.11 bits per heavy atom. The smallest absolute Gasteiger partial charge is 0.318 e. The quantitative estimate of drug-likeness (QED) is 0.588. The van der Waals surface area contributed by atoms with E-state index in [1.165, 1.54) is 11.3 Å². The molecule has 7 heteroatoms. The van der Waals surface area contributed by atoms with Gasteiger partial charge in [-0.2, -0.15) is 0 Å². The van der Waals surface area contributed by atoms with Crippen LogP contribution in [0, 0.1) is 0 Å². The van der Waals surface area contributed by atoms with Crippen molar-refractivity contribution in [2.45, 2.75) is 77.7 Å². The normalized spacial score (nSPS) is 18.2. The molecule has 0 unspecified atom stereocenters. The Morgan fingerprint density at radius 1 is 1.22 bits per heavy atom. The fourth-order valence-electron chi connectivity index (χ4n) is 3.91. The number of rotatable bonds is 4. The van der Waals surface area contributed by atoms with E-state index in [9.17, 15) is 9.59 Å². The molecule has 0 atom stereocenters. The van der Waals surface area contributed by atoms with Gasteiger partial charge in [0.05, 0.1) is 16.0 Å². The molecule has 0 N–H and O–H groups in total. The summed E-state index contributed by atoms with van der Waals surface area (Å²) in [5.74, 6) is 0.621. The summed E-state index contributed by atoms with van der Waals surface area (Å²) in [6, 6.07) is 0. The number of carbonyl (C=O) groups is 1. The van der Waals surface area contributed by atoms with Gasteiger partial charge >= 0.3 is 5.97 Å². The minimum atomic E-state index is -0.289. The van der Waals surface area contributed by atoms with Gasteiger partial charge in [-0.25, -0.2) is 9.78 Å². The Labute approximate surface area is 162 Å². The maximum atomic E-state index is 13.2. The molecular formula is C20H25N3O3S. The van der Waals surface area contributed by atoms with Crippen LogP contribution in [0.15, 0.2) is 9.95 Å². The summed E-state index contributed by atoms with van der Waals surface area (Å²) >= 11 is 1.52. The molecule has 0 amide bonds. The third-order valence-electron chi connectivity index (χ3n) is 5.37. The van der Waals surface area contributed by atoms with E-state index in [1.54, 1.807) is 0 Å². The van der Waals surface area contributed by atoms with Crippen LogP contribution in [-0.4, -0.2) is 21.2 Å². The first kappa shape index (κ1) is 18.3. The molecule has 0 fully saturated rings. The van der Waals surface area contributed by atoms with Gasteiger partial charge in [0, 0.05) is 19.4 Å². The summed E-state index contributed by atoms with van der Waals surface area (Å²) in [7, 11) is 0. The van der Waals surface area contributed by atoms with E-state index < -0.39 is 0 Å². The lowest BCUT2D eigenvalue weighted by Crippen LogP contribution is -2.25. The molecule has 1 aliphatic heterocycles. The first-order valence-corrected chi connectivity index (χ1v) is 10.8. The summed E-state index contributed by atoms with van der Waals surface area (Å²) in [5.41, 5.74) is 1.92. The van der Waals surface area contributed by atoms with Crippen LogP contribution in [0.25, 0.3) is 10.2 Å². The van der Waals surface area contributed by atoms with Crippen molar-refractivity contribution in [3.05, 3.63) is 26.6 Å². The molecule has 0 aromatic carbocycles. The highest BCUT2D eigenvalue weighted by atomic mass is 32.1. The Bertz CT molecular complexity index is 958. The molecule has 1 aliphatic carbocycles. The van der Waals surface area contributed by atoms with Crippen molar-refractivity contribution in [1.29, 1.82) is 0 Å². The van der Waals surface area contributed by atoms with Gasteiger partial charge in [0.2, 0.25) is 0 Å². The number of aromatic nitrogens is 2. The second kappa shape index (κ2) is 7.92. The van der Waals surface area contributed by atoms with E-state index >= 15 is 0 Å². The van der Waals surface area contributed by atoms with Crippen molar-refractivity contribution in [2.75, 3.05) is 0 Å². The summed E-state index contributed by atoms with van der Waals surface area (Å²) in [4.78, 5) is 36.7. The van der Waals surface area contributed by atoms with E-state index in [2.05, 4.69) is 5.16 Å². The molecule has 0 bridgehead atoms. The minimum Gasteiger partial charge on any atom is -0.318 e. The van der Waals surface area contributed by atoms with Gasteiger partial charge in [-0.05, 0) is 44.1 Å². The van der Waals surface area contributed by atoms with Crippen LogP contribution < -0.4 is 5.56 Å². The van der Waals surface area contributed by atoms with Crippen molar-refractivity contribution in [3.63, 3.8) is 0 Å². The molecular weight excluding hydrogens is 362 g/mol. The second-order valence-electron chi connectivity index (χ2n) is 7.34. The number of hydrogen-bond acceptors (Lipinski definition) is 6. The number of unbranched alkanes of at least 4 members (excludes halogenated alkanes) is 1. The number of nitrogens with zero attached hydrogens (tertiary/aromatic N) is 3. The van der Waals surface area contributed by atoms with Crippen molar-refractivity contribution >= 4 is 33.2 Å². The topological polar surface area (TPSA) is 73.5 Å². The number of hydrogen-bond donors (Lipinski definition) is 0. The fourth-order valence-corrected chi connectivity index (χ4v) is 5.15. The van der Waals surface area contributed by atoms with Gasteiger partial charge in [0.1, 0.15) is 10.7 Å². The van der Waals surface area contributed by atoms with Gasteiger partial charge < -0.3 is 4.84 Å². The zero-order valence-electron chi connectivity index (χ0n) is 15.8. The third-order valence-corrected chi connectivity index (χ3v) is 6.54. The average Bonchev–Trinajstić information content (AvgIpc) is 2.88. The predicted molar refractivity (Wildman–Crippen MR) is 107 cm³/mol. The Kier molecular flexibility index (Phi) is 5.38. The molecule has 4 rings (SSSR count). The third kappa shape index (κ3) is 3.57. The number of carbonyl (C=O) groups excluding carboxylic acids is 1. The second-order valence-corrected chi connectivity index (χ2v) is 8.34. The van der Waals surface area contributed by atoms with E-state index in [1.807, 2.05) is 11.5 Å². The molecule has 27 heavy (non-hydrogen) atoms. The molecule has 0 saturated heterocycles. The lowest BCUT2D eigenvalue weighted by Gasteiger charge is -2.13. The molecule has 2 aromatic rings. The average molecular weight is 388 g/mol. The van der Waals surface area contributed by atoms with Crippen LogP contribution in [0.1, 0.15) is 74.6 Å². The number of aryl methyl sites for hydroxylation is 2. The van der Waals surface area contributed by atoms with Crippen molar-refractivity contribution in [2.24, 2.45) is 5.16 Å². The zero-order chi connectivity index (χ0) is 18.8. The summed E-state index contributed by atoms with van der Waals surface area (Å²) in [5, 5.41) is 4.91. The fraction of sp³-hybridized carbons (Fsp3) is 0.600. The first-order valence-electron chi connectivity index (χ1n) is 10.0. The lowest BCUT2D eigenvalue weighted by molar-refractivity contribution is -0.143. The highest BCUT2D eigenvalue weighted by Crippen LogP contribution is 2.34. The van der Waals surface area contributed by atoms with Gasteiger partial charge in [0.15, 0.2) is 0 Å². The minimum absolute atomic E-state index is 0.0931. The molecule has 6 nitrogen and oxygen atoms in total. The van der Waals surface area contributed by atoms with Gasteiger partial charge in [0.25, 0.3) is 5.56 Å². The molecule has 2 aromatic heterocycles. The number of fused-ring (bicyclic) bond motifs is 4. The van der Waals surface area contributed by atoms with Crippen molar-refractivity contribution in [1.82, 2.24) is 9.55 Å². The maximum absolute atomic E-state index is 13.2. The summed E-state index contributed by atoms with van der Waals surface area (Å²) in [6.45, 7) is 2.80. The highest BCUT2D eigenvalue weighted by Gasteiger charge is 2.26. The zero-order valence-corrected chi connectivity index (χ0v) is 16.6. The van der Waals surface area contributed by atoms with Crippen LogP contribution >= 0.6 is 11.3 Å². The summed E-state index contributed by atoms with van der Waals surface area (Å²) in [6.07, 6.45) is 8.81. The highest BCUT2D eigenvalue weighted by molar-refractivity contribution is 7.20. The molecule has 0 saturated carbocycles. The Morgan fingerprint density at radius 3 is 2.96 bits per heavy atom. The Hall–Kier alpha value is -2.02. The predicted octanol–water partition coefficient (Wildman–Crippen LogP) is 3.96. The summed E-state index contributed by atoms with van der Waals surface area (Å²) < 4.78 is 1.87. The van der Waals surface area contributed by atoms with Gasteiger partial charge in [-0.1, -0.05) is 24.9 Å². The lowest BCUT2D eigenvalue weighted by atomic mass is 9.95. The standard InChI is InChI=1S/C20H25N3O3S/c1-2-3-11-16(24)26-22-14-9-7-8-13-17-19(27-18(13)14)21-15-10-5-4-6-12-23(15)20(17)25/h2-12H2,1H3. The molecule has 2 aliphatic rings. The SMILES string of the molecule is CCCCC(=O)ON=C1CCCc2c1sc1nc3n(c(=O)c21)CCCCC3. The monoisotopic (exact) mass is 387 g/mol. The Balaban J connectivity index is 1.72. The molecule has 144 valence electrons. The number of oxime groups is 1. The first-order chi connectivity index (χ1) is 13.2. The van der Waals surface area contributed by atoms with Gasteiger partial charge in [-0.15, -0.1) is 11.3 Å². The van der Waals surface area contributed by atoms with E-state index in [0.717, 1.165) is 96.5 Å². The molecule has 3 heterocycles. The van der Waals surface area contributed by atoms with Crippen LogP contribution in [0.4, 0.5) is 0 Å². The van der Waals surface area contributed by atoms with Crippen LogP contribution in [0.5, 0.6) is 0 Å². The van der Waals surface area contributed by atoms with E-state index in [4.69, 9.17) is 9.82 Å². The van der Waals surface area contributed by atoms with Gasteiger partial charge in [-0.3, -0.25) is 9.36 Å². The van der Waals surface area contributed by atoms with Crippen LogP contribution in [0.2, 0.25) is 0 Å². The molecule has 0 spiro atoms. The van der Waals surface area contributed by atoms with E-state index in [-0.39, 0.29) is 11.5 Å². The van der Waals surface area contributed by atoms with Crippen molar-refractivity contribution in [3.8, 4) is 0 Å². The van der Waals surface area contributed by atoms with Crippen molar-refractivity contribution < 1.29 is 9.63 Å². The van der Waals surface area contributed by atoms with Crippen LogP contribution in [0.3, 0.4) is 0 Å². The van der Waals surface area contributed by atoms with Crippen LogP contribution in [-0.2, 0) is 29.0 Å². The van der Waals surface area contributed by atoms with E-state index in [0.29, 0.717) is 6.42 Å². The maximum Gasteiger partial charge on any atom is 0.335 e.